The number of halogens is 1. The highest BCUT2D eigenvalue weighted by Crippen LogP contribution is 2.32. The standard InChI is InChI=1S/C22H19ClN2O2S/c23-17-9-4-5-10-18(17)25-14-16(13-20(25)26)22(27)24-21(19-11-6-12-28-19)15-7-2-1-3-8-15/h1-12,16,21H,13-14H2,(H,24,27). The molecule has 2 unspecified atom stereocenters. The summed E-state index contributed by atoms with van der Waals surface area (Å²) >= 11 is 7.84. The molecular formula is C22H19ClN2O2S. The fourth-order valence-corrected chi connectivity index (χ4v) is 4.51. The topological polar surface area (TPSA) is 49.4 Å². The fourth-order valence-electron chi connectivity index (χ4n) is 3.47. The number of hydrogen-bond acceptors (Lipinski definition) is 3. The van der Waals surface area contributed by atoms with E-state index in [0.717, 1.165) is 10.4 Å². The highest BCUT2D eigenvalue weighted by Gasteiger charge is 2.36. The molecule has 2 atom stereocenters. The molecule has 142 valence electrons. The maximum absolute atomic E-state index is 13.0. The lowest BCUT2D eigenvalue weighted by Gasteiger charge is -2.21. The Morgan fingerprint density at radius 1 is 1.07 bits per heavy atom. The van der Waals surface area contributed by atoms with Crippen molar-refractivity contribution in [3.8, 4) is 0 Å². The number of benzene rings is 2. The number of para-hydroxylation sites is 1. The largest absolute Gasteiger partial charge is 0.344 e. The number of anilines is 1. The minimum absolute atomic E-state index is 0.0827. The van der Waals surface area contributed by atoms with Crippen molar-refractivity contribution in [2.45, 2.75) is 12.5 Å². The average molecular weight is 411 g/mol. The molecule has 0 aliphatic carbocycles. The molecule has 28 heavy (non-hydrogen) atoms. The van der Waals surface area contributed by atoms with Crippen LogP contribution < -0.4 is 10.2 Å². The second-order valence-electron chi connectivity index (χ2n) is 6.72. The first kappa shape index (κ1) is 18.7. The fraction of sp³-hybridized carbons (Fsp3) is 0.182. The Morgan fingerprint density at radius 2 is 1.82 bits per heavy atom. The highest BCUT2D eigenvalue weighted by molar-refractivity contribution is 7.10. The van der Waals surface area contributed by atoms with Crippen molar-refractivity contribution in [3.63, 3.8) is 0 Å². The third kappa shape index (κ3) is 3.81. The van der Waals surface area contributed by atoms with Crippen LogP contribution in [0.15, 0.2) is 72.1 Å². The summed E-state index contributed by atoms with van der Waals surface area (Å²) in [7, 11) is 0. The molecule has 1 aliphatic rings. The number of carbonyl (C=O) groups is 2. The number of nitrogens with one attached hydrogen (secondary N) is 1. The van der Waals surface area contributed by atoms with Crippen LogP contribution in [0.25, 0.3) is 0 Å². The summed E-state index contributed by atoms with van der Waals surface area (Å²) < 4.78 is 0. The smallest absolute Gasteiger partial charge is 0.227 e. The van der Waals surface area contributed by atoms with E-state index >= 15 is 0 Å². The van der Waals surface area contributed by atoms with Gasteiger partial charge < -0.3 is 10.2 Å². The van der Waals surface area contributed by atoms with Gasteiger partial charge in [0.05, 0.1) is 22.7 Å². The Balaban J connectivity index is 1.53. The first-order valence-corrected chi connectivity index (χ1v) is 10.3. The van der Waals surface area contributed by atoms with Crippen molar-refractivity contribution in [1.82, 2.24) is 5.32 Å². The Morgan fingerprint density at radius 3 is 2.54 bits per heavy atom. The van der Waals surface area contributed by atoms with Crippen molar-refractivity contribution >= 4 is 40.4 Å². The van der Waals surface area contributed by atoms with Crippen molar-refractivity contribution < 1.29 is 9.59 Å². The summed E-state index contributed by atoms with van der Waals surface area (Å²) in [6.07, 6.45) is 0.184. The van der Waals surface area contributed by atoms with E-state index in [0.29, 0.717) is 17.3 Å². The zero-order valence-corrected chi connectivity index (χ0v) is 16.6. The molecule has 0 spiro atoms. The van der Waals surface area contributed by atoms with Crippen LogP contribution in [0, 0.1) is 5.92 Å². The minimum Gasteiger partial charge on any atom is -0.344 e. The van der Waals surface area contributed by atoms with E-state index in [9.17, 15) is 9.59 Å². The van der Waals surface area contributed by atoms with Crippen LogP contribution in [0.3, 0.4) is 0 Å². The van der Waals surface area contributed by atoms with E-state index < -0.39 is 5.92 Å². The quantitative estimate of drug-likeness (QED) is 0.665. The molecular weight excluding hydrogens is 392 g/mol. The lowest BCUT2D eigenvalue weighted by atomic mass is 10.0. The molecule has 1 aliphatic heterocycles. The average Bonchev–Trinajstić information content (AvgIpc) is 3.37. The van der Waals surface area contributed by atoms with E-state index in [4.69, 9.17) is 11.6 Å². The molecule has 1 fully saturated rings. The van der Waals surface area contributed by atoms with Gasteiger partial charge in [0, 0.05) is 17.8 Å². The summed E-state index contributed by atoms with van der Waals surface area (Å²) in [5, 5.41) is 5.65. The molecule has 2 aromatic carbocycles. The van der Waals surface area contributed by atoms with E-state index in [1.807, 2.05) is 60.0 Å². The Labute approximate surface area is 172 Å². The molecule has 3 aromatic rings. The second-order valence-corrected chi connectivity index (χ2v) is 8.11. The van der Waals surface area contributed by atoms with Gasteiger partial charge in [-0.15, -0.1) is 11.3 Å². The van der Waals surface area contributed by atoms with E-state index in [1.165, 1.54) is 0 Å². The minimum atomic E-state index is -0.407. The molecule has 1 saturated heterocycles. The van der Waals surface area contributed by atoms with Crippen LogP contribution in [0.2, 0.25) is 5.02 Å². The van der Waals surface area contributed by atoms with Gasteiger partial charge in [-0.25, -0.2) is 0 Å². The van der Waals surface area contributed by atoms with Crippen molar-refractivity contribution in [2.75, 3.05) is 11.4 Å². The zero-order valence-electron chi connectivity index (χ0n) is 15.0. The van der Waals surface area contributed by atoms with Gasteiger partial charge in [-0.1, -0.05) is 60.1 Å². The van der Waals surface area contributed by atoms with Gasteiger partial charge in [0.25, 0.3) is 0 Å². The van der Waals surface area contributed by atoms with Crippen molar-refractivity contribution in [1.29, 1.82) is 0 Å². The van der Waals surface area contributed by atoms with Crippen LogP contribution in [-0.2, 0) is 9.59 Å². The lowest BCUT2D eigenvalue weighted by molar-refractivity contribution is -0.126. The van der Waals surface area contributed by atoms with Crippen LogP contribution in [0.1, 0.15) is 22.9 Å². The SMILES string of the molecule is O=C(NC(c1ccccc1)c1cccs1)C1CC(=O)N(c2ccccc2Cl)C1. The van der Waals surface area contributed by atoms with Crippen LogP contribution in [0.4, 0.5) is 5.69 Å². The Hall–Kier alpha value is -2.63. The normalized spacial score (nSPS) is 17.5. The summed E-state index contributed by atoms with van der Waals surface area (Å²) in [6, 6.07) is 20.8. The van der Waals surface area contributed by atoms with Crippen LogP contribution >= 0.6 is 22.9 Å². The summed E-state index contributed by atoms with van der Waals surface area (Å²) in [4.78, 5) is 28.2. The summed E-state index contributed by atoms with van der Waals surface area (Å²) in [5.41, 5.74) is 1.67. The molecule has 0 bridgehead atoms. The monoisotopic (exact) mass is 410 g/mol. The number of carbonyl (C=O) groups excluding carboxylic acids is 2. The number of thiophene rings is 1. The summed E-state index contributed by atoms with van der Waals surface area (Å²) in [5.74, 6) is -0.610. The zero-order chi connectivity index (χ0) is 19.5. The Kier molecular flexibility index (Phi) is 5.46. The predicted molar refractivity (Wildman–Crippen MR) is 113 cm³/mol. The van der Waals surface area contributed by atoms with Gasteiger partial charge in [0.2, 0.25) is 11.8 Å². The second kappa shape index (κ2) is 8.17. The number of nitrogens with zero attached hydrogens (tertiary/aromatic N) is 1. The van der Waals surface area contributed by atoms with E-state index in [-0.39, 0.29) is 24.3 Å². The third-order valence-corrected chi connectivity index (χ3v) is 6.14. The number of amides is 2. The van der Waals surface area contributed by atoms with Gasteiger partial charge >= 0.3 is 0 Å². The molecule has 2 amide bonds. The molecule has 4 rings (SSSR count). The third-order valence-electron chi connectivity index (χ3n) is 4.89. The first-order chi connectivity index (χ1) is 13.6. The lowest BCUT2D eigenvalue weighted by Crippen LogP contribution is -2.35. The molecule has 6 heteroatoms. The molecule has 4 nitrogen and oxygen atoms in total. The van der Waals surface area contributed by atoms with Crippen LogP contribution in [-0.4, -0.2) is 18.4 Å². The van der Waals surface area contributed by atoms with Crippen molar-refractivity contribution in [3.05, 3.63) is 87.6 Å². The van der Waals surface area contributed by atoms with Gasteiger partial charge in [-0.2, -0.15) is 0 Å². The van der Waals surface area contributed by atoms with Gasteiger partial charge in [0.15, 0.2) is 0 Å². The molecule has 2 heterocycles. The molecule has 0 saturated carbocycles. The molecule has 1 aromatic heterocycles. The van der Waals surface area contributed by atoms with Gasteiger partial charge in [0.1, 0.15) is 0 Å². The first-order valence-electron chi connectivity index (χ1n) is 9.07. The van der Waals surface area contributed by atoms with Gasteiger partial charge in [-0.3, -0.25) is 9.59 Å². The Bertz CT molecular complexity index is 975. The van der Waals surface area contributed by atoms with Gasteiger partial charge in [-0.05, 0) is 29.1 Å². The van der Waals surface area contributed by atoms with E-state index in [2.05, 4.69) is 5.32 Å². The summed E-state index contributed by atoms with van der Waals surface area (Å²) in [6.45, 7) is 0.334. The number of hydrogen-bond donors (Lipinski definition) is 1. The predicted octanol–water partition coefficient (Wildman–Crippen LogP) is 4.66. The highest BCUT2D eigenvalue weighted by atomic mass is 35.5. The number of rotatable bonds is 5. The molecule has 0 radical (unpaired) electrons. The van der Waals surface area contributed by atoms with E-state index in [1.54, 1.807) is 28.4 Å². The maximum Gasteiger partial charge on any atom is 0.227 e. The van der Waals surface area contributed by atoms with Crippen LogP contribution in [0.5, 0.6) is 0 Å². The van der Waals surface area contributed by atoms with Crippen molar-refractivity contribution in [2.24, 2.45) is 5.92 Å². The maximum atomic E-state index is 13.0. The molecule has 1 N–H and O–H groups in total.